The predicted molar refractivity (Wildman–Crippen MR) is 70.2 cm³/mol. The molecule has 2 aliphatic rings. The van der Waals surface area contributed by atoms with Crippen LogP contribution in [0.2, 0.25) is 0 Å². The maximum atomic E-state index is 12.3. The summed E-state index contributed by atoms with van der Waals surface area (Å²) in [5.74, 6) is 0.893. The molecule has 5 nitrogen and oxygen atoms in total. The fraction of sp³-hybridized carbons (Fsp3) is 0.917. The summed E-state index contributed by atoms with van der Waals surface area (Å²) in [6.07, 6.45) is 2.10. The van der Waals surface area contributed by atoms with Gasteiger partial charge >= 0.3 is 6.03 Å². The lowest BCUT2D eigenvalue weighted by molar-refractivity contribution is 0.125. The highest BCUT2D eigenvalue weighted by Gasteiger charge is 2.34. The van der Waals surface area contributed by atoms with Crippen LogP contribution in [0.3, 0.4) is 0 Å². The van der Waals surface area contributed by atoms with Crippen molar-refractivity contribution in [2.24, 2.45) is 5.92 Å². The first-order valence-corrected chi connectivity index (χ1v) is 8.47. The van der Waals surface area contributed by atoms with Crippen molar-refractivity contribution in [2.45, 2.75) is 32.7 Å². The number of urea groups is 1. The molecule has 104 valence electrons. The Hall–Kier alpha value is -0.780. The van der Waals surface area contributed by atoms with Crippen LogP contribution >= 0.6 is 0 Å². The monoisotopic (exact) mass is 274 g/mol. The van der Waals surface area contributed by atoms with Gasteiger partial charge in [-0.3, -0.25) is 0 Å². The summed E-state index contributed by atoms with van der Waals surface area (Å²) in [5, 5.41) is 0. The van der Waals surface area contributed by atoms with Crippen LogP contribution in [0.4, 0.5) is 4.79 Å². The van der Waals surface area contributed by atoms with Crippen molar-refractivity contribution >= 4 is 15.9 Å². The van der Waals surface area contributed by atoms with Crippen LogP contribution in [-0.4, -0.2) is 61.4 Å². The van der Waals surface area contributed by atoms with Crippen molar-refractivity contribution in [1.82, 2.24) is 9.80 Å². The standard InChI is InChI=1S/C12H22N2O3S/c1-10-3-5-13(6-4-10)12(15)14-7-8-18(16,17)9-11(14)2/h10-11H,3-9H2,1-2H3. The summed E-state index contributed by atoms with van der Waals surface area (Å²) in [6, 6.07) is -0.181. The number of sulfone groups is 1. The molecule has 2 saturated heterocycles. The van der Waals surface area contributed by atoms with Gasteiger partial charge in [0.25, 0.3) is 0 Å². The van der Waals surface area contributed by atoms with Gasteiger partial charge in [0.2, 0.25) is 0 Å². The van der Waals surface area contributed by atoms with E-state index in [2.05, 4.69) is 6.92 Å². The third-order valence-electron chi connectivity index (χ3n) is 3.97. The van der Waals surface area contributed by atoms with E-state index in [9.17, 15) is 13.2 Å². The SMILES string of the molecule is CC1CCN(C(=O)N2CCS(=O)(=O)CC2C)CC1. The maximum absolute atomic E-state index is 12.3. The van der Waals surface area contributed by atoms with E-state index in [0.29, 0.717) is 12.5 Å². The van der Waals surface area contributed by atoms with Crippen LogP contribution in [0.15, 0.2) is 0 Å². The molecule has 0 aromatic carbocycles. The number of carbonyl (C=O) groups is 1. The molecule has 0 N–H and O–H groups in total. The summed E-state index contributed by atoms with van der Waals surface area (Å²) in [7, 11) is -2.95. The average molecular weight is 274 g/mol. The number of rotatable bonds is 0. The lowest BCUT2D eigenvalue weighted by Gasteiger charge is -2.39. The number of hydrogen-bond donors (Lipinski definition) is 0. The fourth-order valence-electron chi connectivity index (χ4n) is 2.66. The Kier molecular flexibility index (Phi) is 3.84. The van der Waals surface area contributed by atoms with Gasteiger partial charge in [0.15, 0.2) is 9.84 Å². The van der Waals surface area contributed by atoms with Gasteiger partial charge in [0.1, 0.15) is 0 Å². The summed E-state index contributed by atoms with van der Waals surface area (Å²) in [4.78, 5) is 15.9. The molecule has 0 aromatic heterocycles. The van der Waals surface area contributed by atoms with Gasteiger partial charge in [-0.15, -0.1) is 0 Å². The van der Waals surface area contributed by atoms with E-state index >= 15 is 0 Å². The highest BCUT2D eigenvalue weighted by molar-refractivity contribution is 7.91. The van der Waals surface area contributed by atoms with Crippen molar-refractivity contribution in [3.63, 3.8) is 0 Å². The zero-order valence-electron chi connectivity index (χ0n) is 11.1. The molecule has 0 bridgehead atoms. The molecule has 0 radical (unpaired) electrons. The Balaban J connectivity index is 1.97. The number of amides is 2. The average Bonchev–Trinajstić information content (AvgIpc) is 2.28. The molecule has 2 fully saturated rings. The highest BCUT2D eigenvalue weighted by Crippen LogP contribution is 2.20. The highest BCUT2D eigenvalue weighted by atomic mass is 32.2. The van der Waals surface area contributed by atoms with Gasteiger partial charge in [0.05, 0.1) is 11.5 Å². The van der Waals surface area contributed by atoms with Gasteiger partial charge in [-0.1, -0.05) is 6.92 Å². The van der Waals surface area contributed by atoms with Crippen LogP contribution in [0.25, 0.3) is 0 Å². The van der Waals surface area contributed by atoms with E-state index in [1.165, 1.54) is 0 Å². The quantitative estimate of drug-likeness (QED) is 0.661. The van der Waals surface area contributed by atoms with E-state index in [4.69, 9.17) is 0 Å². The summed E-state index contributed by atoms with van der Waals surface area (Å²) < 4.78 is 23.0. The number of nitrogens with zero attached hydrogens (tertiary/aromatic N) is 2. The second-order valence-corrected chi connectivity index (χ2v) is 7.84. The molecule has 2 heterocycles. The summed E-state index contributed by atoms with van der Waals surface area (Å²) in [5.41, 5.74) is 0. The number of piperidine rings is 1. The zero-order chi connectivity index (χ0) is 13.3. The van der Waals surface area contributed by atoms with Crippen molar-refractivity contribution in [2.75, 3.05) is 31.1 Å². The van der Waals surface area contributed by atoms with Gasteiger partial charge in [0, 0.05) is 25.7 Å². The molecule has 0 aromatic rings. The predicted octanol–water partition coefficient (Wildman–Crippen LogP) is 0.957. The Bertz CT molecular complexity index is 413. The topological polar surface area (TPSA) is 57.7 Å². The third kappa shape index (κ3) is 2.96. The van der Waals surface area contributed by atoms with E-state index < -0.39 is 9.84 Å². The molecule has 0 spiro atoms. The molecule has 2 rings (SSSR count). The van der Waals surface area contributed by atoms with Gasteiger partial charge in [-0.05, 0) is 25.7 Å². The second-order valence-electron chi connectivity index (χ2n) is 5.61. The largest absolute Gasteiger partial charge is 0.325 e. The van der Waals surface area contributed by atoms with Crippen molar-refractivity contribution < 1.29 is 13.2 Å². The van der Waals surface area contributed by atoms with Gasteiger partial charge in [-0.2, -0.15) is 0 Å². The first-order chi connectivity index (χ1) is 8.39. The second kappa shape index (κ2) is 5.07. The molecule has 0 aliphatic carbocycles. The minimum absolute atomic E-state index is 0.0179. The molecule has 1 unspecified atom stereocenters. The number of hydrogen-bond acceptors (Lipinski definition) is 3. The Labute approximate surface area is 109 Å². The van der Waals surface area contributed by atoms with Crippen LogP contribution in [0, 0.1) is 5.92 Å². The minimum atomic E-state index is -2.95. The van der Waals surface area contributed by atoms with E-state index in [1.807, 2.05) is 11.8 Å². The number of carbonyl (C=O) groups excluding carboxylic acids is 1. The molecule has 6 heteroatoms. The van der Waals surface area contributed by atoms with Crippen molar-refractivity contribution in [3.05, 3.63) is 0 Å². The fourth-order valence-corrected chi connectivity index (χ4v) is 4.22. The zero-order valence-corrected chi connectivity index (χ0v) is 11.9. The minimum Gasteiger partial charge on any atom is -0.325 e. The molecule has 1 atom stereocenters. The molecular weight excluding hydrogens is 252 g/mol. The van der Waals surface area contributed by atoms with Crippen molar-refractivity contribution in [3.8, 4) is 0 Å². The Morgan fingerprint density at radius 3 is 2.28 bits per heavy atom. The van der Waals surface area contributed by atoms with Crippen LogP contribution in [0.5, 0.6) is 0 Å². The van der Waals surface area contributed by atoms with E-state index in [-0.39, 0.29) is 23.6 Å². The normalized spacial score (nSPS) is 29.3. The van der Waals surface area contributed by atoms with Crippen molar-refractivity contribution in [1.29, 1.82) is 0 Å². The van der Waals surface area contributed by atoms with Crippen LogP contribution in [-0.2, 0) is 9.84 Å². The maximum Gasteiger partial charge on any atom is 0.320 e. The third-order valence-corrected chi connectivity index (χ3v) is 5.77. The van der Waals surface area contributed by atoms with Crippen LogP contribution in [0.1, 0.15) is 26.7 Å². The lowest BCUT2D eigenvalue weighted by atomic mass is 9.99. The molecular formula is C12H22N2O3S. The van der Waals surface area contributed by atoms with E-state index in [1.54, 1.807) is 4.90 Å². The van der Waals surface area contributed by atoms with Gasteiger partial charge in [-0.25, -0.2) is 13.2 Å². The first-order valence-electron chi connectivity index (χ1n) is 6.65. The molecule has 18 heavy (non-hydrogen) atoms. The van der Waals surface area contributed by atoms with Crippen LogP contribution < -0.4 is 0 Å². The smallest absolute Gasteiger partial charge is 0.320 e. The van der Waals surface area contributed by atoms with Gasteiger partial charge < -0.3 is 9.80 Å². The number of likely N-dealkylation sites (tertiary alicyclic amines) is 1. The molecule has 2 amide bonds. The Morgan fingerprint density at radius 2 is 1.72 bits per heavy atom. The Morgan fingerprint density at radius 1 is 1.11 bits per heavy atom. The van der Waals surface area contributed by atoms with E-state index in [0.717, 1.165) is 25.9 Å². The molecule has 2 aliphatic heterocycles. The first kappa shape index (κ1) is 13.6. The lowest BCUT2D eigenvalue weighted by Crippen LogP contribution is -2.55. The summed E-state index contributed by atoms with van der Waals surface area (Å²) in [6.45, 7) is 5.97. The summed E-state index contributed by atoms with van der Waals surface area (Å²) >= 11 is 0. The molecule has 0 saturated carbocycles.